The van der Waals surface area contributed by atoms with Gasteiger partial charge in [-0.05, 0) is 9.91 Å². The molecular formula is C9H7F2N3O3. The first-order valence-corrected chi connectivity index (χ1v) is 4.38. The number of alkyl halides is 2. The van der Waals surface area contributed by atoms with Gasteiger partial charge in [-0.1, -0.05) is 0 Å². The highest BCUT2D eigenvalue weighted by atomic mass is 19.3. The molecule has 8 heteroatoms. The van der Waals surface area contributed by atoms with Gasteiger partial charge in [0.25, 0.3) is 6.43 Å². The van der Waals surface area contributed by atoms with E-state index in [0.29, 0.717) is 0 Å². The van der Waals surface area contributed by atoms with Crippen molar-refractivity contribution in [2.75, 3.05) is 7.11 Å². The van der Waals surface area contributed by atoms with Crippen LogP contribution < -0.4 is 4.74 Å². The fraction of sp³-hybridized carbons (Fsp3) is 0.333. The molecule has 1 aromatic heterocycles. The average Bonchev–Trinajstić information content (AvgIpc) is 2.27. The minimum atomic E-state index is -2.92. The Morgan fingerprint density at radius 1 is 1.71 bits per heavy atom. The Morgan fingerprint density at radius 2 is 2.35 bits per heavy atom. The number of methoxy groups -OCH3 is 1. The van der Waals surface area contributed by atoms with E-state index in [4.69, 9.17) is 5.26 Å². The van der Waals surface area contributed by atoms with Crippen molar-refractivity contribution < 1.29 is 18.4 Å². The van der Waals surface area contributed by atoms with Gasteiger partial charge in [0, 0.05) is 0 Å². The molecule has 0 atom stereocenters. The molecule has 0 spiro atoms. The first-order chi connectivity index (χ1) is 8.01. The van der Waals surface area contributed by atoms with E-state index < -0.39 is 29.2 Å². The lowest BCUT2D eigenvalue weighted by Crippen LogP contribution is -2.05. The molecule has 1 heterocycles. The predicted octanol–water partition coefficient (Wildman–Crippen LogP) is 2.00. The highest BCUT2D eigenvalue weighted by Crippen LogP contribution is 2.33. The Kier molecular flexibility index (Phi) is 3.87. The van der Waals surface area contributed by atoms with Gasteiger partial charge in [-0.3, -0.25) is 0 Å². The molecule has 90 valence electrons. The molecule has 6 nitrogen and oxygen atoms in total. The second kappa shape index (κ2) is 5.16. The van der Waals surface area contributed by atoms with Crippen LogP contribution in [0, 0.1) is 21.4 Å². The zero-order chi connectivity index (χ0) is 13.0. The number of ether oxygens (including phenoxy) is 1. The molecule has 0 bridgehead atoms. The summed E-state index contributed by atoms with van der Waals surface area (Å²) < 4.78 is 30.1. The van der Waals surface area contributed by atoms with Crippen LogP contribution in [0.3, 0.4) is 0 Å². The number of rotatable bonds is 4. The van der Waals surface area contributed by atoms with Crippen molar-refractivity contribution in [1.82, 2.24) is 4.98 Å². The number of hydrogen-bond donors (Lipinski definition) is 0. The lowest BCUT2D eigenvalue weighted by molar-refractivity contribution is -0.389. The van der Waals surface area contributed by atoms with Crippen molar-refractivity contribution in [3.63, 3.8) is 0 Å². The van der Waals surface area contributed by atoms with E-state index in [0.717, 1.165) is 13.2 Å². The molecule has 0 unspecified atom stereocenters. The van der Waals surface area contributed by atoms with Gasteiger partial charge in [0.15, 0.2) is 5.69 Å². The summed E-state index contributed by atoms with van der Waals surface area (Å²) in [6, 6.07) is 2.43. The molecule has 1 rings (SSSR count). The van der Waals surface area contributed by atoms with Gasteiger partial charge in [0.2, 0.25) is 0 Å². The Bertz CT molecular complexity index is 485. The van der Waals surface area contributed by atoms with Crippen LogP contribution >= 0.6 is 0 Å². The van der Waals surface area contributed by atoms with Gasteiger partial charge in [-0.25, -0.2) is 8.78 Å². The molecule has 0 fully saturated rings. The number of nitro groups is 1. The van der Waals surface area contributed by atoms with Crippen LogP contribution in [0.25, 0.3) is 0 Å². The average molecular weight is 243 g/mol. The molecule has 0 aliphatic heterocycles. The van der Waals surface area contributed by atoms with Crippen molar-refractivity contribution in [3.05, 3.63) is 27.4 Å². The molecule has 0 saturated carbocycles. The van der Waals surface area contributed by atoms with E-state index in [-0.39, 0.29) is 11.4 Å². The molecule has 0 radical (unpaired) electrons. The summed E-state index contributed by atoms with van der Waals surface area (Å²) in [5, 5.41) is 19.0. The fourth-order valence-corrected chi connectivity index (χ4v) is 1.27. The van der Waals surface area contributed by atoms with Gasteiger partial charge in [0.1, 0.15) is 17.7 Å². The van der Waals surface area contributed by atoms with Crippen molar-refractivity contribution in [1.29, 1.82) is 5.26 Å². The first kappa shape index (κ1) is 12.8. The molecule has 0 amide bonds. The maximum absolute atomic E-state index is 12.7. The number of aromatic nitrogens is 1. The van der Waals surface area contributed by atoms with Crippen LogP contribution in [0.5, 0.6) is 5.75 Å². The van der Waals surface area contributed by atoms with Gasteiger partial charge >= 0.3 is 5.82 Å². The Hall–Kier alpha value is -2.30. The van der Waals surface area contributed by atoms with Crippen molar-refractivity contribution in [3.8, 4) is 11.8 Å². The summed E-state index contributed by atoms with van der Waals surface area (Å²) in [4.78, 5) is 13.1. The predicted molar refractivity (Wildman–Crippen MR) is 51.7 cm³/mol. The van der Waals surface area contributed by atoms with Gasteiger partial charge in [-0.2, -0.15) is 5.26 Å². The van der Waals surface area contributed by atoms with E-state index in [1.54, 1.807) is 6.07 Å². The zero-order valence-corrected chi connectivity index (χ0v) is 8.68. The summed E-state index contributed by atoms with van der Waals surface area (Å²) in [5.74, 6) is -0.969. The third kappa shape index (κ3) is 2.63. The van der Waals surface area contributed by atoms with E-state index in [1.807, 2.05) is 0 Å². The number of halogens is 2. The normalized spacial score (nSPS) is 10.1. The molecular weight excluding hydrogens is 236 g/mol. The van der Waals surface area contributed by atoms with Gasteiger partial charge in [-0.15, -0.1) is 0 Å². The Balaban J connectivity index is 3.46. The van der Waals surface area contributed by atoms with Crippen LogP contribution in [0.1, 0.15) is 17.7 Å². The number of hydrogen-bond acceptors (Lipinski definition) is 5. The van der Waals surface area contributed by atoms with E-state index in [1.165, 1.54) is 0 Å². The standard InChI is InChI=1S/C9H7F2N3O3/c1-17-6-4-7(14(15)16)13-5(2-3-12)8(6)9(10)11/h4,9H,2H2,1H3. The van der Waals surface area contributed by atoms with Crippen molar-refractivity contribution >= 4 is 5.82 Å². The molecule has 0 aliphatic rings. The summed E-state index contributed by atoms with van der Waals surface area (Å²) in [5.41, 5.74) is -0.923. The molecule has 1 aromatic rings. The lowest BCUT2D eigenvalue weighted by atomic mass is 10.1. The molecule has 0 N–H and O–H groups in total. The monoisotopic (exact) mass is 243 g/mol. The van der Waals surface area contributed by atoms with E-state index in [2.05, 4.69) is 9.72 Å². The lowest BCUT2D eigenvalue weighted by Gasteiger charge is -2.08. The third-order valence-corrected chi connectivity index (χ3v) is 1.96. The number of pyridine rings is 1. The van der Waals surface area contributed by atoms with E-state index in [9.17, 15) is 18.9 Å². The summed E-state index contributed by atoms with van der Waals surface area (Å²) in [6.45, 7) is 0. The number of nitriles is 1. The Morgan fingerprint density at radius 3 is 2.76 bits per heavy atom. The minimum Gasteiger partial charge on any atom is -0.496 e. The van der Waals surface area contributed by atoms with Gasteiger partial charge in [0.05, 0.1) is 19.2 Å². The van der Waals surface area contributed by atoms with Crippen LogP contribution in [0.2, 0.25) is 0 Å². The first-order valence-electron chi connectivity index (χ1n) is 4.38. The topological polar surface area (TPSA) is 89.1 Å². The maximum atomic E-state index is 12.7. The fourth-order valence-electron chi connectivity index (χ4n) is 1.27. The smallest absolute Gasteiger partial charge is 0.367 e. The van der Waals surface area contributed by atoms with Crippen LogP contribution in [0.15, 0.2) is 6.07 Å². The van der Waals surface area contributed by atoms with Crippen molar-refractivity contribution in [2.45, 2.75) is 12.8 Å². The molecule has 17 heavy (non-hydrogen) atoms. The molecule has 0 aliphatic carbocycles. The van der Waals surface area contributed by atoms with E-state index >= 15 is 0 Å². The highest BCUT2D eigenvalue weighted by Gasteiger charge is 2.27. The second-order valence-electron chi connectivity index (χ2n) is 2.94. The summed E-state index contributed by atoms with van der Waals surface area (Å²) in [6.07, 6.45) is -3.36. The molecule has 0 saturated heterocycles. The minimum absolute atomic E-state index is 0.339. The summed E-state index contributed by atoms with van der Waals surface area (Å²) >= 11 is 0. The van der Waals surface area contributed by atoms with Crippen LogP contribution in [0.4, 0.5) is 14.6 Å². The quantitative estimate of drug-likeness (QED) is 0.596. The van der Waals surface area contributed by atoms with Crippen LogP contribution in [-0.2, 0) is 6.42 Å². The second-order valence-corrected chi connectivity index (χ2v) is 2.94. The highest BCUT2D eigenvalue weighted by molar-refractivity contribution is 5.44. The SMILES string of the molecule is COc1cc([N+](=O)[O-])nc(CC#N)c1C(F)F. The molecule has 0 aromatic carbocycles. The zero-order valence-electron chi connectivity index (χ0n) is 8.68. The maximum Gasteiger partial charge on any atom is 0.367 e. The van der Waals surface area contributed by atoms with Crippen LogP contribution in [-0.4, -0.2) is 17.0 Å². The summed E-state index contributed by atoms with van der Waals surface area (Å²) in [7, 11) is 1.11. The van der Waals surface area contributed by atoms with Crippen molar-refractivity contribution in [2.24, 2.45) is 0 Å². The van der Waals surface area contributed by atoms with Gasteiger partial charge < -0.3 is 14.9 Å². The largest absolute Gasteiger partial charge is 0.496 e. The third-order valence-electron chi connectivity index (χ3n) is 1.96. The number of nitrogens with zero attached hydrogens (tertiary/aromatic N) is 3. The Labute approximate surface area is 94.6 Å².